The van der Waals surface area contributed by atoms with Gasteiger partial charge in [-0.1, -0.05) is 29.3 Å². The zero-order chi connectivity index (χ0) is 17.6. The van der Waals surface area contributed by atoms with Crippen LogP contribution in [0.25, 0.3) is 0 Å². The molecule has 2 N–H and O–H groups in total. The minimum Gasteiger partial charge on any atom is -0.357 e. The van der Waals surface area contributed by atoms with E-state index in [1.54, 1.807) is 0 Å². The van der Waals surface area contributed by atoms with E-state index in [0.717, 1.165) is 44.0 Å². The zero-order valence-corrected chi connectivity index (χ0v) is 16.1. The average Bonchev–Trinajstić information content (AvgIpc) is 3.30. The molecule has 2 fully saturated rings. The smallest absolute Gasteiger partial charge is 0.191 e. The molecular weight excluding hydrogens is 308 g/mol. The van der Waals surface area contributed by atoms with Gasteiger partial charge in [0.25, 0.3) is 0 Å². The topological polar surface area (TPSA) is 39.7 Å². The molecule has 138 valence electrons. The van der Waals surface area contributed by atoms with Crippen molar-refractivity contribution in [1.29, 1.82) is 0 Å². The molecule has 4 nitrogen and oxygen atoms in total. The normalized spacial score (nSPS) is 21.6. The monoisotopic (exact) mass is 342 g/mol. The molecule has 0 amide bonds. The van der Waals surface area contributed by atoms with Gasteiger partial charge in [-0.2, -0.15) is 0 Å². The van der Waals surface area contributed by atoms with Crippen LogP contribution in [0.5, 0.6) is 0 Å². The molecule has 2 aliphatic rings. The summed E-state index contributed by atoms with van der Waals surface area (Å²) in [5, 5.41) is 6.89. The van der Waals surface area contributed by atoms with Crippen LogP contribution in [0.2, 0.25) is 0 Å². The van der Waals surface area contributed by atoms with Crippen molar-refractivity contribution >= 4 is 5.96 Å². The highest BCUT2D eigenvalue weighted by Crippen LogP contribution is 2.31. The van der Waals surface area contributed by atoms with Crippen LogP contribution in [0, 0.1) is 19.8 Å². The molecule has 1 heterocycles. The number of rotatable bonds is 7. The summed E-state index contributed by atoms with van der Waals surface area (Å²) in [7, 11) is 0. The van der Waals surface area contributed by atoms with Crippen molar-refractivity contribution in [2.45, 2.75) is 52.5 Å². The van der Waals surface area contributed by atoms with Gasteiger partial charge in [-0.15, -0.1) is 0 Å². The van der Waals surface area contributed by atoms with Gasteiger partial charge in [0.2, 0.25) is 0 Å². The third-order valence-corrected chi connectivity index (χ3v) is 5.22. The Morgan fingerprint density at radius 2 is 1.88 bits per heavy atom. The average molecular weight is 343 g/mol. The van der Waals surface area contributed by atoms with E-state index in [-0.39, 0.29) is 0 Å². The van der Waals surface area contributed by atoms with Gasteiger partial charge in [-0.25, -0.2) is 0 Å². The Balaban J connectivity index is 1.45. The van der Waals surface area contributed by atoms with Gasteiger partial charge >= 0.3 is 0 Å². The molecule has 1 aromatic carbocycles. The van der Waals surface area contributed by atoms with Crippen molar-refractivity contribution in [2.75, 3.05) is 32.7 Å². The Hall–Kier alpha value is -1.55. The summed E-state index contributed by atoms with van der Waals surface area (Å²) in [5.41, 5.74) is 4.09. The van der Waals surface area contributed by atoms with E-state index >= 15 is 0 Å². The van der Waals surface area contributed by atoms with E-state index in [9.17, 15) is 0 Å². The molecular formula is C21H34N4. The molecule has 0 aromatic heterocycles. The SMILES string of the molecule is CCNC(=NCC1CCN(C2CC2)C1)NCCc1cc(C)cc(C)c1. The van der Waals surface area contributed by atoms with E-state index in [1.165, 1.54) is 49.0 Å². The van der Waals surface area contributed by atoms with Crippen molar-refractivity contribution < 1.29 is 0 Å². The first-order valence-corrected chi connectivity index (χ1v) is 9.97. The van der Waals surface area contributed by atoms with Gasteiger partial charge in [0.1, 0.15) is 0 Å². The summed E-state index contributed by atoms with van der Waals surface area (Å²) in [6.07, 6.45) is 5.17. The van der Waals surface area contributed by atoms with Crippen molar-refractivity contribution in [2.24, 2.45) is 10.9 Å². The number of hydrogen-bond acceptors (Lipinski definition) is 2. The summed E-state index contributed by atoms with van der Waals surface area (Å²) >= 11 is 0. The van der Waals surface area contributed by atoms with Crippen molar-refractivity contribution in [1.82, 2.24) is 15.5 Å². The first-order valence-electron chi connectivity index (χ1n) is 9.97. The molecule has 0 bridgehead atoms. The van der Waals surface area contributed by atoms with E-state index < -0.39 is 0 Å². The first kappa shape index (κ1) is 18.2. The van der Waals surface area contributed by atoms with Crippen LogP contribution < -0.4 is 10.6 Å². The van der Waals surface area contributed by atoms with E-state index in [4.69, 9.17) is 4.99 Å². The van der Waals surface area contributed by atoms with Gasteiger partial charge in [-0.05, 0) is 64.5 Å². The second-order valence-corrected chi connectivity index (χ2v) is 7.77. The number of nitrogens with zero attached hydrogens (tertiary/aromatic N) is 2. The second-order valence-electron chi connectivity index (χ2n) is 7.77. The van der Waals surface area contributed by atoms with Gasteiger partial charge in [-0.3, -0.25) is 4.99 Å². The number of aliphatic imine (C=N–C) groups is 1. The molecule has 1 atom stereocenters. The highest BCUT2D eigenvalue weighted by molar-refractivity contribution is 5.79. The second kappa shape index (κ2) is 8.70. The fourth-order valence-corrected chi connectivity index (χ4v) is 3.88. The molecule has 4 heteroatoms. The molecule has 1 aliphatic carbocycles. The van der Waals surface area contributed by atoms with Crippen molar-refractivity contribution in [3.05, 3.63) is 34.9 Å². The molecule has 0 spiro atoms. The highest BCUT2D eigenvalue weighted by Gasteiger charge is 2.34. The molecule has 3 rings (SSSR count). The maximum atomic E-state index is 4.84. The third-order valence-electron chi connectivity index (χ3n) is 5.22. The third kappa shape index (κ3) is 5.74. The lowest BCUT2D eigenvalue weighted by atomic mass is 10.1. The number of guanidine groups is 1. The van der Waals surface area contributed by atoms with Gasteiger partial charge < -0.3 is 15.5 Å². The summed E-state index contributed by atoms with van der Waals surface area (Å²) in [5.74, 6) is 1.70. The lowest BCUT2D eigenvalue weighted by molar-refractivity contribution is 0.315. The molecule has 1 saturated carbocycles. The highest BCUT2D eigenvalue weighted by atomic mass is 15.2. The lowest BCUT2D eigenvalue weighted by Crippen LogP contribution is -2.38. The Kier molecular flexibility index (Phi) is 6.35. The fraction of sp³-hybridized carbons (Fsp3) is 0.667. The molecule has 1 aromatic rings. The summed E-state index contributed by atoms with van der Waals surface area (Å²) in [6, 6.07) is 7.70. The van der Waals surface area contributed by atoms with Crippen LogP contribution in [-0.4, -0.2) is 49.6 Å². The molecule has 1 unspecified atom stereocenters. The van der Waals surface area contributed by atoms with Crippen LogP contribution in [0.3, 0.4) is 0 Å². The molecule has 0 radical (unpaired) electrons. The lowest BCUT2D eigenvalue weighted by Gasteiger charge is -2.15. The number of nitrogens with one attached hydrogen (secondary N) is 2. The number of benzene rings is 1. The predicted molar refractivity (Wildman–Crippen MR) is 106 cm³/mol. The van der Waals surface area contributed by atoms with Gasteiger partial charge in [0, 0.05) is 32.2 Å². The summed E-state index contributed by atoms with van der Waals surface area (Å²) in [4.78, 5) is 7.51. The van der Waals surface area contributed by atoms with Crippen molar-refractivity contribution in [3.63, 3.8) is 0 Å². The number of hydrogen-bond donors (Lipinski definition) is 2. The minimum absolute atomic E-state index is 0.732. The number of likely N-dealkylation sites (tertiary alicyclic amines) is 1. The van der Waals surface area contributed by atoms with Gasteiger partial charge in [0.15, 0.2) is 5.96 Å². The summed E-state index contributed by atoms with van der Waals surface area (Å²) in [6.45, 7) is 11.8. The maximum absolute atomic E-state index is 4.84. The predicted octanol–water partition coefficient (Wildman–Crippen LogP) is 2.89. The Bertz CT molecular complexity index is 571. The van der Waals surface area contributed by atoms with E-state index in [0.29, 0.717) is 0 Å². The largest absolute Gasteiger partial charge is 0.357 e. The summed E-state index contributed by atoms with van der Waals surface area (Å²) < 4.78 is 0. The fourth-order valence-electron chi connectivity index (χ4n) is 3.88. The molecule has 25 heavy (non-hydrogen) atoms. The quantitative estimate of drug-likeness (QED) is 0.591. The zero-order valence-electron chi connectivity index (χ0n) is 16.1. The Morgan fingerprint density at radius 1 is 1.12 bits per heavy atom. The Labute approximate surface area is 153 Å². The Morgan fingerprint density at radius 3 is 2.56 bits per heavy atom. The number of aryl methyl sites for hydroxylation is 2. The van der Waals surface area contributed by atoms with Crippen LogP contribution in [0.1, 0.15) is 42.9 Å². The first-order chi connectivity index (χ1) is 12.1. The minimum atomic E-state index is 0.732. The molecule has 1 aliphatic heterocycles. The van der Waals surface area contributed by atoms with Crippen molar-refractivity contribution in [3.8, 4) is 0 Å². The molecule has 1 saturated heterocycles. The van der Waals surface area contributed by atoms with Crippen LogP contribution in [-0.2, 0) is 6.42 Å². The van der Waals surface area contributed by atoms with E-state index in [2.05, 4.69) is 54.5 Å². The van der Waals surface area contributed by atoms with Crippen LogP contribution in [0.4, 0.5) is 0 Å². The van der Waals surface area contributed by atoms with Crippen LogP contribution >= 0.6 is 0 Å². The standard InChI is InChI=1S/C21H34N4/c1-4-22-21(23-9-7-18-12-16(2)11-17(3)13-18)24-14-19-8-10-25(15-19)20-5-6-20/h11-13,19-20H,4-10,14-15H2,1-3H3,(H2,22,23,24). The maximum Gasteiger partial charge on any atom is 0.191 e. The van der Waals surface area contributed by atoms with E-state index in [1.807, 2.05) is 0 Å². The van der Waals surface area contributed by atoms with Crippen LogP contribution in [0.15, 0.2) is 23.2 Å². The van der Waals surface area contributed by atoms with Gasteiger partial charge in [0.05, 0.1) is 0 Å².